The molecule has 1 amide bonds. The fourth-order valence-electron chi connectivity index (χ4n) is 2.88. The van der Waals surface area contributed by atoms with Crippen molar-refractivity contribution in [3.8, 4) is 17.2 Å². The van der Waals surface area contributed by atoms with Crippen molar-refractivity contribution >= 4 is 23.1 Å². The van der Waals surface area contributed by atoms with E-state index in [-0.39, 0.29) is 12.7 Å². The highest BCUT2D eigenvalue weighted by Crippen LogP contribution is 2.35. The largest absolute Gasteiger partial charge is 0.495 e. The van der Waals surface area contributed by atoms with Gasteiger partial charge in [-0.1, -0.05) is 6.07 Å². The van der Waals surface area contributed by atoms with Crippen LogP contribution in [0.5, 0.6) is 17.2 Å². The molecule has 142 valence electrons. The highest BCUT2D eigenvalue weighted by Gasteiger charge is 2.14. The Morgan fingerprint density at radius 3 is 2.79 bits per heavy atom. The average Bonchev–Trinajstić information content (AvgIpc) is 3.16. The first-order chi connectivity index (χ1) is 13.6. The summed E-state index contributed by atoms with van der Waals surface area (Å²) in [6.07, 6.45) is 1.58. The number of carbonyl (C=O) groups excluding carboxylic acids is 1. The zero-order valence-electron chi connectivity index (χ0n) is 15.5. The van der Waals surface area contributed by atoms with E-state index >= 15 is 0 Å². The number of amides is 1. The lowest BCUT2D eigenvalue weighted by molar-refractivity contribution is 0.102. The summed E-state index contributed by atoms with van der Waals surface area (Å²) in [5.41, 5.74) is 2.90. The molecular formula is C21H19N3O4. The van der Waals surface area contributed by atoms with Crippen LogP contribution in [-0.2, 0) is 0 Å². The lowest BCUT2D eigenvalue weighted by Crippen LogP contribution is -2.13. The Morgan fingerprint density at radius 2 is 1.93 bits per heavy atom. The topological polar surface area (TPSA) is 81.7 Å². The van der Waals surface area contributed by atoms with E-state index in [4.69, 9.17) is 14.2 Å². The van der Waals surface area contributed by atoms with Gasteiger partial charge in [0.05, 0.1) is 12.8 Å². The molecule has 28 heavy (non-hydrogen) atoms. The van der Waals surface area contributed by atoms with Crippen molar-refractivity contribution in [3.05, 3.63) is 65.9 Å². The maximum Gasteiger partial charge on any atom is 0.255 e. The van der Waals surface area contributed by atoms with E-state index in [1.165, 1.54) is 0 Å². The van der Waals surface area contributed by atoms with Crippen molar-refractivity contribution in [1.82, 2.24) is 4.98 Å². The van der Waals surface area contributed by atoms with Crippen LogP contribution in [0.15, 0.2) is 54.7 Å². The molecule has 0 bridgehead atoms. The fourth-order valence-corrected chi connectivity index (χ4v) is 2.88. The van der Waals surface area contributed by atoms with Crippen molar-refractivity contribution < 1.29 is 19.0 Å². The number of hydrogen-bond donors (Lipinski definition) is 2. The van der Waals surface area contributed by atoms with E-state index in [0.717, 1.165) is 11.3 Å². The summed E-state index contributed by atoms with van der Waals surface area (Å²) in [5, 5.41) is 6.06. The van der Waals surface area contributed by atoms with Crippen molar-refractivity contribution in [1.29, 1.82) is 0 Å². The Hall–Kier alpha value is -3.74. The third kappa shape index (κ3) is 3.68. The molecule has 7 heteroatoms. The van der Waals surface area contributed by atoms with Crippen LogP contribution in [0, 0.1) is 6.92 Å². The van der Waals surface area contributed by atoms with Gasteiger partial charge < -0.3 is 24.8 Å². The van der Waals surface area contributed by atoms with Crippen LogP contribution >= 0.6 is 0 Å². The van der Waals surface area contributed by atoms with E-state index in [1.807, 2.05) is 43.3 Å². The molecule has 0 aliphatic carbocycles. The molecule has 0 radical (unpaired) electrons. The standard InChI is InChI=1S/C21H19N3O4/c1-13-3-5-17(26-2)16(9-13)24-21(25)14-7-8-22-20(10-14)23-15-4-6-18-19(11-15)28-12-27-18/h3-11H,12H2,1-2H3,(H,22,23)(H,24,25). The number of rotatable bonds is 5. The lowest BCUT2D eigenvalue weighted by Gasteiger charge is -2.12. The first-order valence-electron chi connectivity index (χ1n) is 8.71. The van der Waals surface area contributed by atoms with Gasteiger partial charge in [0.2, 0.25) is 6.79 Å². The van der Waals surface area contributed by atoms with Gasteiger partial charge in [-0.05, 0) is 48.9 Å². The highest BCUT2D eigenvalue weighted by atomic mass is 16.7. The number of aromatic nitrogens is 1. The summed E-state index contributed by atoms with van der Waals surface area (Å²) in [6.45, 7) is 2.17. The summed E-state index contributed by atoms with van der Waals surface area (Å²) in [7, 11) is 1.57. The quantitative estimate of drug-likeness (QED) is 0.696. The Labute approximate surface area is 162 Å². The summed E-state index contributed by atoms with van der Waals surface area (Å²) < 4.78 is 16.0. The number of nitrogens with one attached hydrogen (secondary N) is 2. The predicted octanol–water partition coefficient (Wildman–Crippen LogP) is 4.12. The van der Waals surface area contributed by atoms with Crippen molar-refractivity contribution in [3.63, 3.8) is 0 Å². The predicted molar refractivity (Wildman–Crippen MR) is 106 cm³/mol. The van der Waals surface area contributed by atoms with Crippen molar-refractivity contribution in [2.75, 3.05) is 24.5 Å². The molecule has 0 saturated heterocycles. The maximum absolute atomic E-state index is 12.7. The van der Waals surface area contributed by atoms with Gasteiger partial charge in [0.15, 0.2) is 11.5 Å². The molecule has 0 spiro atoms. The Balaban J connectivity index is 1.52. The van der Waals surface area contributed by atoms with Crippen LogP contribution in [0.3, 0.4) is 0 Å². The Morgan fingerprint density at radius 1 is 1.07 bits per heavy atom. The number of pyridine rings is 1. The van der Waals surface area contributed by atoms with Gasteiger partial charge in [-0.15, -0.1) is 0 Å². The molecule has 2 N–H and O–H groups in total. The van der Waals surface area contributed by atoms with Crippen LogP contribution in [0.1, 0.15) is 15.9 Å². The molecule has 0 unspecified atom stereocenters. The van der Waals surface area contributed by atoms with Gasteiger partial charge in [0.1, 0.15) is 11.6 Å². The van der Waals surface area contributed by atoms with Crippen LogP contribution < -0.4 is 24.8 Å². The number of ether oxygens (including phenoxy) is 3. The molecule has 1 aliphatic rings. The van der Waals surface area contributed by atoms with Crippen LogP contribution in [0.25, 0.3) is 0 Å². The van der Waals surface area contributed by atoms with Gasteiger partial charge in [-0.2, -0.15) is 0 Å². The SMILES string of the molecule is COc1ccc(C)cc1NC(=O)c1ccnc(Nc2ccc3c(c2)OCO3)c1. The lowest BCUT2D eigenvalue weighted by atomic mass is 10.2. The summed E-state index contributed by atoms with van der Waals surface area (Å²) >= 11 is 0. The zero-order valence-corrected chi connectivity index (χ0v) is 15.5. The number of methoxy groups -OCH3 is 1. The third-order valence-corrected chi connectivity index (χ3v) is 4.27. The molecular weight excluding hydrogens is 358 g/mol. The normalized spacial score (nSPS) is 11.8. The second-order valence-corrected chi connectivity index (χ2v) is 6.28. The fraction of sp³-hybridized carbons (Fsp3) is 0.143. The number of nitrogens with zero attached hydrogens (tertiary/aromatic N) is 1. The first kappa shape index (κ1) is 17.7. The van der Waals surface area contributed by atoms with Crippen molar-refractivity contribution in [2.45, 2.75) is 6.92 Å². The summed E-state index contributed by atoms with van der Waals surface area (Å²) in [5.74, 6) is 2.28. The minimum atomic E-state index is -0.250. The number of anilines is 3. The van der Waals surface area contributed by atoms with E-state index in [9.17, 15) is 4.79 Å². The molecule has 0 atom stereocenters. The van der Waals surface area contributed by atoms with E-state index < -0.39 is 0 Å². The number of fused-ring (bicyclic) bond motifs is 1. The van der Waals surface area contributed by atoms with Gasteiger partial charge in [0.25, 0.3) is 5.91 Å². The highest BCUT2D eigenvalue weighted by molar-refractivity contribution is 6.05. The molecule has 1 aromatic heterocycles. The van der Waals surface area contributed by atoms with Gasteiger partial charge >= 0.3 is 0 Å². The number of hydrogen-bond acceptors (Lipinski definition) is 6. The first-order valence-corrected chi connectivity index (χ1v) is 8.71. The van der Waals surface area contributed by atoms with Gasteiger partial charge in [0, 0.05) is 23.5 Å². The number of carbonyl (C=O) groups is 1. The van der Waals surface area contributed by atoms with Crippen molar-refractivity contribution in [2.24, 2.45) is 0 Å². The third-order valence-electron chi connectivity index (χ3n) is 4.27. The van der Waals surface area contributed by atoms with Gasteiger partial charge in [-0.3, -0.25) is 4.79 Å². The minimum Gasteiger partial charge on any atom is -0.495 e. The van der Waals surface area contributed by atoms with Crippen LogP contribution in [-0.4, -0.2) is 24.8 Å². The smallest absolute Gasteiger partial charge is 0.255 e. The zero-order chi connectivity index (χ0) is 19.5. The van der Waals surface area contributed by atoms with Crippen LogP contribution in [0.4, 0.5) is 17.2 Å². The minimum absolute atomic E-state index is 0.217. The summed E-state index contributed by atoms with van der Waals surface area (Å²) in [4.78, 5) is 17.0. The molecule has 0 fully saturated rings. The molecule has 7 nitrogen and oxygen atoms in total. The monoisotopic (exact) mass is 377 g/mol. The van der Waals surface area contributed by atoms with E-state index in [2.05, 4.69) is 15.6 Å². The maximum atomic E-state index is 12.7. The Bertz CT molecular complexity index is 1040. The number of aryl methyl sites for hydroxylation is 1. The molecule has 0 saturated carbocycles. The molecule has 2 heterocycles. The summed E-state index contributed by atoms with van der Waals surface area (Å²) in [6, 6.07) is 14.5. The van der Waals surface area contributed by atoms with Gasteiger partial charge in [-0.25, -0.2) is 4.98 Å². The molecule has 4 rings (SSSR count). The van der Waals surface area contributed by atoms with Crippen LogP contribution in [0.2, 0.25) is 0 Å². The average molecular weight is 377 g/mol. The second kappa shape index (κ2) is 7.48. The molecule has 3 aromatic rings. The molecule has 1 aliphatic heterocycles. The van der Waals surface area contributed by atoms with E-state index in [1.54, 1.807) is 25.4 Å². The Kier molecular flexibility index (Phi) is 4.72. The number of benzene rings is 2. The second-order valence-electron chi connectivity index (χ2n) is 6.28. The molecule has 2 aromatic carbocycles. The van der Waals surface area contributed by atoms with E-state index in [0.29, 0.717) is 34.3 Å².